The van der Waals surface area contributed by atoms with Crippen molar-refractivity contribution in [2.75, 3.05) is 13.9 Å². The molecule has 0 radical (unpaired) electrons. The molecule has 2 aliphatic rings. The first-order valence-corrected chi connectivity index (χ1v) is 8.66. The maximum absolute atomic E-state index is 11.5. The van der Waals surface area contributed by atoms with Crippen LogP contribution >= 0.6 is 0 Å². The molecule has 3 aromatic rings. The van der Waals surface area contributed by atoms with Gasteiger partial charge in [-0.2, -0.15) is 0 Å². The minimum absolute atomic E-state index is 0.220. The van der Waals surface area contributed by atoms with Gasteiger partial charge in [0.05, 0.1) is 12.8 Å². The highest BCUT2D eigenvalue weighted by Crippen LogP contribution is 2.42. The summed E-state index contributed by atoms with van der Waals surface area (Å²) in [6.45, 7) is 0.220. The van der Waals surface area contributed by atoms with Gasteiger partial charge in [0.1, 0.15) is 5.75 Å². The Morgan fingerprint density at radius 1 is 0.963 bits per heavy atom. The molecule has 1 atom stereocenters. The molecule has 0 spiro atoms. The smallest absolute Gasteiger partial charge is 0.231 e. The summed E-state index contributed by atoms with van der Waals surface area (Å²) in [6.07, 6.45) is 0. The summed E-state index contributed by atoms with van der Waals surface area (Å²) < 4.78 is 16.1. The lowest BCUT2D eigenvalue weighted by molar-refractivity contribution is 0.0950. The molecule has 1 N–H and O–H groups in total. The topological polar surface area (TPSA) is 60.3 Å². The predicted molar refractivity (Wildman–Crippen MR) is 101 cm³/mol. The van der Waals surface area contributed by atoms with Crippen LogP contribution in [0.15, 0.2) is 71.7 Å². The summed E-state index contributed by atoms with van der Waals surface area (Å²) in [6, 6.07) is 20.8. The first kappa shape index (κ1) is 15.9. The van der Waals surface area contributed by atoms with Crippen LogP contribution in [0.1, 0.15) is 22.3 Å². The predicted octanol–water partition coefficient (Wildman–Crippen LogP) is 3.47. The molecule has 5 nitrogen and oxygen atoms in total. The van der Waals surface area contributed by atoms with Crippen molar-refractivity contribution in [3.8, 4) is 17.2 Å². The van der Waals surface area contributed by atoms with Gasteiger partial charge in [-0.05, 0) is 30.3 Å². The summed E-state index contributed by atoms with van der Waals surface area (Å²) in [5.41, 5.74) is 2.48. The molecule has 2 heterocycles. The highest BCUT2D eigenvalue weighted by molar-refractivity contribution is 6.16. The van der Waals surface area contributed by atoms with Crippen LogP contribution in [0.25, 0.3) is 0 Å². The maximum atomic E-state index is 11.5. The second-order valence-corrected chi connectivity index (χ2v) is 6.47. The number of nitrogens with zero attached hydrogens (tertiary/aromatic N) is 1. The number of hydrogen-bond donors (Lipinski definition) is 1. The zero-order valence-electron chi connectivity index (χ0n) is 14.7. The van der Waals surface area contributed by atoms with E-state index in [1.165, 1.54) is 0 Å². The van der Waals surface area contributed by atoms with E-state index in [0.717, 1.165) is 33.9 Å². The molecule has 2 aliphatic heterocycles. The molecule has 134 valence electrons. The van der Waals surface area contributed by atoms with Gasteiger partial charge in [-0.25, -0.2) is 4.99 Å². The van der Waals surface area contributed by atoms with Crippen molar-refractivity contribution < 1.29 is 19.3 Å². The summed E-state index contributed by atoms with van der Waals surface area (Å²) in [7, 11) is 1.62. The van der Waals surface area contributed by atoms with Crippen molar-refractivity contribution in [1.29, 1.82) is 0 Å². The zero-order chi connectivity index (χ0) is 18.4. The van der Waals surface area contributed by atoms with Gasteiger partial charge in [-0.3, -0.25) is 0 Å². The minimum Gasteiger partial charge on any atom is -0.497 e. The number of benzene rings is 3. The Balaban J connectivity index is 1.66. The second-order valence-electron chi connectivity index (χ2n) is 6.47. The molecule has 3 aromatic carbocycles. The quantitative estimate of drug-likeness (QED) is 0.778. The van der Waals surface area contributed by atoms with Gasteiger partial charge in [-0.15, -0.1) is 0 Å². The average molecular weight is 359 g/mol. The van der Waals surface area contributed by atoms with Crippen LogP contribution in [0, 0.1) is 0 Å². The van der Waals surface area contributed by atoms with Gasteiger partial charge in [0.2, 0.25) is 12.5 Å². The molecule has 0 saturated heterocycles. The molecule has 27 heavy (non-hydrogen) atoms. The number of rotatable bonds is 3. The fourth-order valence-electron chi connectivity index (χ4n) is 3.58. The van der Waals surface area contributed by atoms with Gasteiger partial charge in [0.25, 0.3) is 0 Å². The van der Waals surface area contributed by atoms with Gasteiger partial charge in [0, 0.05) is 22.3 Å². The Morgan fingerprint density at radius 3 is 2.56 bits per heavy atom. The van der Waals surface area contributed by atoms with Crippen LogP contribution in [-0.2, 0) is 5.72 Å². The lowest BCUT2D eigenvalue weighted by Gasteiger charge is -2.21. The molecule has 0 saturated carbocycles. The normalized spacial score (nSPS) is 19.6. The largest absolute Gasteiger partial charge is 0.497 e. The SMILES string of the molecule is COc1ccc(C2(O)N=C(c3ccc4c(c3)OCO4)c3ccccc32)cc1. The first-order valence-electron chi connectivity index (χ1n) is 8.66. The van der Waals surface area contributed by atoms with E-state index in [2.05, 4.69) is 0 Å². The molecule has 0 aliphatic carbocycles. The Kier molecular flexibility index (Phi) is 3.45. The van der Waals surface area contributed by atoms with Crippen LogP contribution in [-0.4, -0.2) is 24.7 Å². The maximum Gasteiger partial charge on any atom is 0.231 e. The standard InChI is InChI=1S/C22H17NO4/c1-25-16-9-7-15(8-10-16)22(24)18-5-3-2-4-17(18)21(23-22)14-6-11-19-20(12-14)27-13-26-19/h2-12,24H,13H2,1H3. The first-order chi connectivity index (χ1) is 13.2. The Hall–Kier alpha value is -3.31. The van der Waals surface area contributed by atoms with Gasteiger partial charge >= 0.3 is 0 Å². The molecule has 0 amide bonds. The van der Waals surface area contributed by atoms with Crippen LogP contribution < -0.4 is 14.2 Å². The molecule has 0 aromatic heterocycles. The van der Waals surface area contributed by atoms with Crippen LogP contribution in [0.2, 0.25) is 0 Å². The number of fused-ring (bicyclic) bond motifs is 2. The number of hydrogen-bond acceptors (Lipinski definition) is 5. The highest BCUT2D eigenvalue weighted by atomic mass is 16.7. The monoisotopic (exact) mass is 359 g/mol. The van der Waals surface area contributed by atoms with Crippen molar-refractivity contribution >= 4 is 5.71 Å². The van der Waals surface area contributed by atoms with E-state index in [-0.39, 0.29) is 6.79 Å². The second kappa shape index (κ2) is 5.86. The summed E-state index contributed by atoms with van der Waals surface area (Å²) in [5, 5.41) is 11.5. The van der Waals surface area contributed by atoms with E-state index >= 15 is 0 Å². The molecule has 1 unspecified atom stereocenters. The third-order valence-electron chi connectivity index (χ3n) is 4.97. The fraction of sp³-hybridized carbons (Fsp3) is 0.136. The van der Waals surface area contributed by atoms with Crippen LogP contribution in [0.5, 0.6) is 17.2 Å². The molecular weight excluding hydrogens is 342 g/mol. The molecule has 5 heteroatoms. The van der Waals surface area contributed by atoms with E-state index in [9.17, 15) is 5.11 Å². The minimum atomic E-state index is -1.45. The molecular formula is C22H17NO4. The number of methoxy groups -OCH3 is 1. The van der Waals surface area contributed by atoms with Crippen molar-refractivity contribution in [2.45, 2.75) is 5.72 Å². The Labute approximate surface area is 156 Å². The summed E-state index contributed by atoms with van der Waals surface area (Å²) >= 11 is 0. The lowest BCUT2D eigenvalue weighted by Crippen LogP contribution is -2.22. The van der Waals surface area contributed by atoms with E-state index in [4.69, 9.17) is 19.2 Å². The summed E-state index contributed by atoms with van der Waals surface area (Å²) in [5.74, 6) is 2.14. The molecule has 5 rings (SSSR count). The summed E-state index contributed by atoms with van der Waals surface area (Å²) in [4.78, 5) is 4.74. The van der Waals surface area contributed by atoms with Gasteiger partial charge in [0.15, 0.2) is 11.5 Å². The van der Waals surface area contributed by atoms with Crippen molar-refractivity contribution in [1.82, 2.24) is 0 Å². The zero-order valence-corrected chi connectivity index (χ0v) is 14.7. The number of aliphatic imine (C=N–C) groups is 1. The average Bonchev–Trinajstić information content (AvgIpc) is 3.31. The van der Waals surface area contributed by atoms with Crippen molar-refractivity contribution in [3.63, 3.8) is 0 Å². The van der Waals surface area contributed by atoms with Crippen LogP contribution in [0.4, 0.5) is 0 Å². The van der Waals surface area contributed by atoms with Crippen molar-refractivity contribution in [2.24, 2.45) is 4.99 Å². The molecule has 0 fully saturated rings. The molecule has 0 bridgehead atoms. The fourth-order valence-corrected chi connectivity index (χ4v) is 3.58. The third-order valence-corrected chi connectivity index (χ3v) is 4.97. The van der Waals surface area contributed by atoms with Crippen LogP contribution in [0.3, 0.4) is 0 Å². The van der Waals surface area contributed by atoms with Gasteiger partial charge < -0.3 is 19.3 Å². The van der Waals surface area contributed by atoms with E-state index in [1.807, 2.05) is 66.7 Å². The lowest BCUT2D eigenvalue weighted by atomic mass is 9.92. The Morgan fingerprint density at radius 2 is 1.74 bits per heavy atom. The number of ether oxygens (including phenoxy) is 3. The third kappa shape index (κ3) is 2.39. The Bertz CT molecular complexity index is 1060. The van der Waals surface area contributed by atoms with E-state index < -0.39 is 5.72 Å². The van der Waals surface area contributed by atoms with E-state index in [0.29, 0.717) is 11.3 Å². The van der Waals surface area contributed by atoms with E-state index in [1.54, 1.807) is 7.11 Å². The van der Waals surface area contributed by atoms with Crippen molar-refractivity contribution in [3.05, 3.63) is 89.0 Å². The number of aliphatic hydroxyl groups is 1. The van der Waals surface area contributed by atoms with Gasteiger partial charge in [-0.1, -0.05) is 36.4 Å². The highest BCUT2D eigenvalue weighted by Gasteiger charge is 2.40.